The van der Waals surface area contributed by atoms with Crippen molar-refractivity contribution < 1.29 is 28.2 Å². The molecule has 0 bridgehead atoms. The van der Waals surface area contributed by atoms with Gasteiger partial charge in [0, 0.05) is 30.1 Å². The van der Waals surface area contributed by atoms with Gasteiger partial charge in [0.15, 0.2) is 11.5 Å². The Kier molecular flexibility index (Phi) is 6.89. The molecule has 0 spiro atoms. The van der Waals surface area contributed by atoms with Crippen LogP contribution in [0.5, 0.6) is 17.2 Å². The third-order valence-electron chi connectivity index (χ3n) is 4.47. The zero-order chi connectivity index (χ0) is 21.7. The Balaban J connectivity index is 1.77. The van der Waals surface area contributed by atoms with Gasteiger partial charge in [-0.3, -0.25) is 4.79 Å². The molecular formula is C22H21F2NO4S. The molecule has 8 heteroatoms. The molecular weight excluding hydrogens is 412 g/mol. The van der Waals surface area contributed by atoms with Crippen molar-refractivity contribution in [1.29, 1.82) is 0 Å². The predicted octanol–water partition coefficient (Wildman–Crippen LogP) is 4.98. The number of thiophene rings is 1. The number of hydrogen-bond donors (Lipinski definition) is 1. The maximum Gasteiger partial charge on any atom is 0.260 e. The summed E-state index contributed by atoms with van der Waals surface area (Å²) in [5.41, 5.74) is 0.175. The summed E-state index contributed by atoms with van der Waals surface area (Å²) < 4.78 is 38.5. The monoisotopic (exact) mass is 433 g/mol. The number of amides is 1. The van der Waals surface area contributed by atoms with E-state index in [0.717, 1.165) is 10.4 Å². The first kappa shape index (κ1) is 21.6. The van der Waals surface area contributed by atoms with Gasteiger partial charge in [0.25, 0.3) is 5.91 Å². The topological polar surface area (TPSA) is 59.0 Å². The molecule has 0 fully saturated rings. The van der Waals surface area contributed by atoms with Gasteiger partial charge in [-0.2, -0.15) is 0 Å². The third-order valence-corrected chi connectivity index (χ3v) is 5.32. The molecule has 0 saturated heterocycles. The van der Waals surface area contributed by atoms with Crippen LogP contribution in [0.1, 0.15) is 27.7 Å². The van der Waals surface area contributed by atoms with E-state index in [1.807, 2.05) is 17.5 Å². The third kappa shape index (κ3) is 4.88. The highest BCUT2D eigenvalue weighted by Gasteiger charge is 2.23. The normalized spacial score (nSPS) is 10.7. The van der Waals surface area contributed by atoms with E-state index >= 15 is 0 Å². The minimum atomic E-state index is -1.11. The van der Waals surface area contributed by atoms with E-state index in [4.69, 9.17) is 9.47 Å². The van der Waals surface area contributed by atoms with Crippen LogP contribution in [0.2, 0.25) is 0 Å². The number of phenols is 1. The zero-order valence-electron chi connectivity index (χ0n) is 16.5. The fourth-order valence-corrected chi connectivity index (χ4v) is 3.57. The lowest BCUT2D eigenvalue weighted by atomic mass is 10.1. The minimum absolute atomic E-state index is 0.146. The molecule has 3 rings (SSSR count). The second kappa shape index (κ2) is 9.58. The molecule has 0 atom stereocenters. The van der Waals surface area contributed by atoms with Crippen molar-refractivity contribution in [3.63, 3.8) is 0 Å². The number of halogens is 2. The van der Waals surface area contributed by atoms with Crippen LogP contribution in [-0.2, 0) is 13.2 Å². The Morgan fingerprint density at radius 3 is 2.60 bits per heavy atom. The Hall–Kier alpha value is -3.13. The van der Waals surface area contributed by atoms with Crippen LogP contribution in [0.15, 0.2) is 47.8 Å². The minimum Gasteiger partial charge on any atom is -0.507 e. The van der Waals surface area contributed by atoms with Gasteiger partial charge in [0.1, 0.15) is 29.6 Å². The smallest absolute Gasteiger partial charge is 0.260 e. The van der Waals surface area contributed by atoms with Gasteiger partial charge in [0.05, 0.1) is 7.11 Å². The summed E-state index contributed by atoms with van der Waals surface area (Å²) in [5.74, 6) is -2.46. The molecule has 1 aromatic heterocycles. The molecule has 5 nitrogen and oxygen atoms in total. The van der Waals surface area contributed by atoms with Crippen molar-refractivity contribution in [2.45, 2.75) is 20.1 Å². The van der Waals surface area contributed by atoms with Crippen molar-refractivity contribution in [3.05, 3.63) is 75.5 Å². The highest BCUT2D eigenvalue weighted by atomic mass is 32.1. The fraction of sp³-hybridized carbons (Fsp3) is 0.227. The maximum atomic E-state index is 14.1. The van der Waals surface area contributed by atoms with Crippen molar-refractivity contribution in [2.75, 3.05) is 13.7 Å². The summed E-state index contributed by atoms with van der Waals surface area (Å²) in [5, 5.41) is 11.8. The zero-order valence-corrected chi connectivity index (χ0v) is 17.3. The Morgan fingerprint density at radius 1 is 1.17 bits per heavy atom. The van der Waals surface area contributed by atoms with Gasteiger partial charge in [-0.05, 0) is 36.1 Å². The molecule has 2 aromatic carbocycles. The van der Waals surface area contributed by atoms with Crippen molar-refractivity contribution >= 4 is 17.2 Å². The number of rotatable bonds is 8. The molecule has 3 aromatic rings. The number of phenolic OH excluding ortho intramolecular Hbond substituents is 1. The number of benzene rings is 2. The molecule has 0 saturated carbocycles. The molecule has 1 heterocycles. The summed E-state index contributed by atoms with van der Waals surface area (Å²) in [6.45, 7) is 2.55. The molecule has 0 aliphatic heterocycles. The molecule has 0 aliphatic rings. The number of hydrogen-bond acceptors (Lipinski definition) is 5. The Morgan fingerprint density at radius 2 is 1.97 bits per heavy atom. The largest absolute Gasteiger partial charge is 0.507 e. The van der Waals surface area contributed by atoms with Gasteiger partial charge >= 0.3 is 0 Å². The molecule has 1 amide bonds. The number of carbonyl (C=O) groups is 1. The summed E-state index contributed by atoms with van der Waals surface area (Å²) in [6.07, 6.45) is 0. The lowest BCUT2D eigenvalue weighted by Gasteiger charge is -2.22. The first-order valence-corrected chi connectivity index (χ1v) is 10.1. The van der Waals surface area contributed by atoms with E-state index in [2.05, 4.69) is 0 Å². The standard InChI is InChI=1S/C22H21F2NO4S/c1-3-25(22(27)21-17(24)10-15(23)11-18(21)26)12-14-6-7-19(20(9-14)28-2)29-13-16-5-4-8-30-16/h4-11,26H,3,12-13H2,1-2H3. The van der Waals surface area contributed by atoms with Crippen molar-refractivity contribution in [2.24, 2.45) is 0 Å². The fourth-order valence-electron chi connectivity index (χ4n) is 2.95. The molecule has 30 heavy (non-hydrogen) atoms. The van der Waals surface area contributed by atoms with E-state index in [-0.39, 0.29) is 13.1 Å². The summed E-state index contributed by atoms with van der Waals surface area (Å²) in [6, 6.07) is 10.5. The quantitative estimate of drug-likeness (QED) is 0.544. The Labute approximate surface area is 177 Å². The van der Waals surface area contributed by atoms with Gasteiger partial charge in [-0.1, -0.05) is 12.1 Å². The highest BCUT2D eigenvalue weighted by Crippen LogP contribution is 2.30. The molecule has 0 unspecified atom stereocenters. The van der Waals surface area contributed by atoms with Crippen molar-refractivity contribution in [1.82, 2.24) is 4.90 Å². The Bertz CT molecular complexity index is 1000. The second-order valence-corrected chi connectivity index (χ2v) is 7.49. The summed E-state index contributed by atoms with van der Waals surface area (Å²) in [4.78, 5) is 15.2. The van der Waals surface area contributed by atoms with Crippen LogP contribution in [-0.4, -0.2) is 29.6 Å². The second-order valence-electron chi connectivity index (χ2n) is 6.45. The summed E-state index contributed by atoms with van der Waals surface area (Å²) in [7, 11) is 1.52. The number of methoxy groups -OCH3 is 1. The van der Waals surface area contributed by atoms with E-state index < -0.39 is 28.9 Å². The first-order chi connectivity index (χ1) is 14.4. The predicted molar refractivity (Wildman–Crippen MR) is 110 cm³/mol. The van der Waals surface area contributed by atoms with E-state index in [1.54, 1.807) is 36.5 Å². The molecule has 1 N–H and O–H groups in total. The van der Waals surface area contributed by atoms with E-state index in [1.165, 1.54) is 12.0 Å². The van der Waals surface area contributed by atoms with Crippen molar-refractivity contribution in [3.8, 4) is 17.2 Å². The molecule has 158 valence electrons. The van der Waals surface area contributed by atoms with Crippen LogP contribution in [0.3, 0.4) is 0 Å². The van der Waals surface area contributed by atoms with E-state index in [0.29, 0.717) is 30.2 Å². The lowest BCUT2D eigenvalue weighted by molar-refractivity contribution is 0.0744. The average Bonchev–Trinajstić information content (AvgIpc) is 3.23. The molecule has 0 radical (unpaired) electrons. The molecule has 0 aliphatic carbocycles. The van der Waals surface area contributed by atoms with Gasteiger partial charge in [0.2, 0.25) is 0 Å². The first-order valence-electron chi connectivity index (χ1n) is 9.22. The maximum absolute atomic E-state index is 14.1. The lowest BCUT2D eigenvalue weighted by Crippen LogP contribution is -2.31. The number of ether oxygens (including phenoxy) is 2. The SMILES string of the molecule is CCN(Cc1ccc(OCc2cccs2)c(OC)c1)C(=O)c1c(O)cc(F)cc1F. The van der Waals surface area contributed by atoms with Crippen LogP contribution >= 0.6 is 11.3 Å². The number of nitrogens with zero attached hydrogens (tertiary/aromatic N) is 1. The number of carbonyl (C=O) groups excluding carboxylic acids is 1. The number of aromatic hydroxyl groups is 1. The average molecular weight is 433 g/mol. The van der Waals surface area contributed by atoms with Crippen LogP contribution in [0.25, 0.3) is 0 Å². The highest BCUT2D eigenvalue weighted by molar-refractivity contribution is 7.09. The van der Waals surface area contributed by atoms with Crippen LogP contribution < -0.4 is 9.47 Å². The summed E-state index contributed by atoms with van der Waals surface area (Å²) >= 11 is 1.59. The van der Waals surface area contributed by atoms with Crippen LogP contribution in [0, 0.1) is 11.6 Å². The van der Waals surface area contributed by atoms with Gasteiger partial charge in [-0.15, -0.1) is 11.3 Å². The van der Waals surface area contributed by atoms with Crippen LogP contribution in [0.4, 0.5) is 8.78 Å². The van der Waals surface area contributed by atoms with Gasteiger partial charge < -0.3 is 19.5 Å². The van der Waals surface area contributed by atoms with Gasteiger partial charge in [-0.25, -0.2) is 8.78 Å². The van der Waals surface area contributed by atoms with E-state index in [9.17, 15) is 18.7 Å².